The maximum Gasteiger partial charge on any atom is 0.258 e. The Kier molecular flexibility index (Phi) is 6.88. The minimum atomic E-state index is -0.204. The van der Waals surface area contributed by atoms with Gasteiger partial charge in [-0.15, -0.1) is 0 Å². The fourth-order valence-corrected chi connectivity index (χ4v) is 6.54. The molecule has 2 N–H and O–H groups in total. The van der Waals surface area contributed by atoms with E-state index in [-0.39, 0.29) is 5.91 Å². The molecule has 42 heavy (non-hydrogen) atoms. The number of imidazole rings is 1. The van der Waals surface area contributed by atoms with E-state index >= 15 is 0 Å². The van der Waals surface area contributed by atoms with E-state index in [9.17, 15) is 4.79 Å². The summed E-state index contributed by atoms with van der Waals surface area (Å²) >= 11 is 0. The number of nitrogens with zero attached hydrogens (tertiary/aromatic N) is 6. The van der Waals surface area contributed by atoms with Gasteiger partial charge in [0.25, 0.3) is 5.91 Å². The number of nitrogens with one attached hydrogen (secondary N) is 2. The van der Waals surface area contributed by atoms with Crippen molar-refractivity contribution in [2.75, 3.05) is 31.3 Å². The van der Waals surface area contributed by atoms with E-state index in [1.807, 2.05) is 26.1 Å². The van der Waals surface area contributed by atoms with Gasteiger partial charge in [-0.3, -0.25) is 15.1 Å². The molecule has 0 spiro atoms. The summed E-state index contributed by atoms with van der Waals surface area (Å²) in [5, 5.41) is 11.3. The van der Waals surface area contributed by atoms with Crippen LogP contribution in [0.1, 0.15) is 54.6 Å². The quantitative estimate of drug-likeness (QED) is 0.353. The predicted molar refractivity (Wildman–Crippen MR) is 164 cm³/mol. The van der Waals surface area contributed by atoms with Crippen LogP contribution in [0.15, 0.2) is 36.5 Å². The molecule has 0 radical (unpaired) electrons. The number of hydrogen-bond acceptors (Lipinski definition) is 7. The van der Waals surface area contributed by atoms with E-state index in [4.69, 9.17) is 14.7 Å². The van der Waals surface area contributed by atoms with Gasteiger partial charge in [0.2, 0.25) is 11.8 Å². The maximum atomic E-state index is 13.7. The highest BCUT2D eigenvalue weighted by Crippen LogP contribution is 2.41. The number of aromatic nitrogens is 5. The number of anilines is 2. The summed E-state index contributed by atoms with van der Waals surface area (Å²) in [4.78, 5) is 25.7. The predicted octanol–water partition coefficient (Wildman–Crippen LogP) is 5.10. The lowest BCUT2D eigenvalue weighted by atomic mass is 9.86. The Morgan fingerprint density at radius 3 is 2.69 bits per heavy atom. The van der Waals surface area contributed by atoms with Gasteiger partial charge in [0.1, 0.15) is 0 Å². The lowest BCUT2D eigenvalue weighted by molar-refractivity contribution is 0.102. The molecule has 1 unspecified atom stereocenters. The van der Waals surface area contributed by atoms with Crippen molar-refractivity contribution in [3.8, 4) is 17.1 Å². The highest BCUT2D eigenvalue weighted by molar-refractivity contribution is 6.05. The molecule has 0 saturated heterocycles. The van der Waals surface area contributed by atoms with Gasteiger partial charge in [0.05, 0.1) is 35.1 Å². The summed E-state index contributed by atoms with van der Waals surface area (Å²) in [6.45, 7) is 3.32. The van der Waals surface area contributed by atoms with E-state index in [2.05, 4.69) is 57.5 Å². The number of ether oxygens (including phenoxy) is 1. The monoisotopic (exact) mass is 568 g/mol. The third kappa shape index (κ3) is 5.24. The number of amides is 1. The van der Waals surface area contributed by atoms with Crippen molar-refractivity contribution in [1.82, 2.24) is 29.2 Å². The molecule has 1 aromatic carbocycles. The largest absolute Gasteiger partial charge is 0.477 e. The van der Waals surface area contributed by atoms with Crippen molar-refractivity contribution in [3.05, 3.63) is 47.8 Å². The van der Waals surface area contributed by atoms with E-state index in [0.29, 0.717) is 53.6 Å². The van der Waals surface area contributed by atoms with E-state index in [1.54, 1.807) is 10.9 Å². The van der Waals surface area contributed by atoms with Crippen LogP contribution in [0, 0.1) is 18.8 Å². The van der Waals surface area contributed by atoms with Gasteiger partial charge in [-0.05, 0) is 102 Å². The van der Waals surface area contributed by atoms with Crippen LogP contribution >= 0.6 is 0 Å². The second kappa shape index (κ2) is 10.7. The van der Waals surface area contributed by atoms with Crippen molar-refractivity contribution in [2.45, 2.75) is 64.1 Å². The van der Waals surface area contributed by atoms with Crippen LogP contribution < -0.4 is 15.4 Å². The minimum Gasteiger partial charge on any atom is -0.477 e. The SMILES string of the molecule is Cc1cc2cc(n1)-c1cnn(C)c1OCCCC(C1CC1)Cn1c(nc3cc(NC4CC(N(C)C)C4)ccc31)NC2=O. The van der Waals surface area contributed by atoms with Gasteiger partial charge < -0.3 is 19.5 Å². The van der Waals surface area contributed by atoms with Gasteiger partial charge >= 0.3 is 0 Å². The zero-order chi connectivity index (χ0) is 29.0. The first-order valence-electron chi connectivity index (χ1n) is 15.2. The molecule has 2 saturated carbocycles. The lowest BCUT2D eigenvalue weighted by Gasteiger charge is -2.40. The third-order valence-electron chi connectivity index (χ3n) is 9.23. The van der Waals surface area contributed by atoms with Crippen LogP contribution in [0.3, 0.4) is 0 Å². The van der Waals surface area contributed by atoms with Crippen LogP contribution in [0.2, 0.25) is 0 Å². The first kappa shape index (κ1) is 26.9. The molecule has 10 heteroatoms. The molecule has 4 aromatic rings. The molecule has 2 aliphatic carbocycles. The number of pyridine rings is 1. The van der Waals surface area contributed by atoms with Crippen molar-refractivity contribution >= 4 is 28.6 Å². The topological polar surface area (TPSA) is 102 Å². The minimum absolute atomic E-state index is 0.204. The zero-order valence-electron chi connectivity index (χ0n) is 24.9. The Labute approximate surface area is 246 Å². The van der Waals surface area contributed by atoms with Gasteiger partial charge in [-0.1, -0.05) is 0 Å². The standard InChI is InChI=1S/C32H40N8O2/c1-19-12-22-13-27(34-19)26-17-33-39(4)31(26)42-11-5-6-21(20-7-8-20)18-40-29-10-9-23(35-24-14-25(15-24)38(2)3)16-28(29)36-32(40)37-30(22)41/h9-10,12-13,16-17,20-21,24-25,35H,5-8,11,14-15,18H2,1-4H3,(H,36,37,41). The Morgan fingerprint density at radius 2 is 1.90 bits per heavy atom. The van der Waals surface area contributed by atoms with Crippen molar-refractivity contribution < 1.29 is 9.53 Å². The summed E-state index contributed by atoms with van der Waals surface area (Å²) in [6, 6.07) is 11.2. The third-order valence-corrected chi connectivity index (χ3v) is 9.23. The first-order valence-corrected chi connectivity index (χ1v) is 15.2. The Hall–Kier alpha value is -3.92. The zero-order valence-corrected chi connectivity index (χ0v) is 24.9. The molecule has 1 atom stereocenters. The average Bonchev–Trinajstić information content (AvgIpc) is 3.64. The molecule has 4 heterocycles. The number of carbonyl (C=O) groups is 1. The van der Waals surface area contributed by atoms with Crippen LogP contribution in [-0.2, 0) is 13.6 Å². The van der Waals surface area contributed by atoms with Gasteiger partial charge in [0, 0.05) is 42.6 Å². The summed E-state index contributed by atoms with van der Waals surface area (Å²) in [7, 11) is 6.17. The van der Waals surface area contributed by atoms with Crippen LogP contribution in [0.5, 0.6) is 5.88 Å². The van der Waals surface area contributed by atoms with Gasteiger partial charge in [-0.25, -0.2) is 9.67 Å². The Balaban J connectivity index is 1.24. The van der Waals surface area contributed by atoms with Gasteiger partial charge in [-0.2, -0.15) is 5.10 Å². The number of carbonyl (C=O) groups excluding carboxylic acids is 1. The highest BCUT2D eigenvalue weighted by Gasteiger charge is 2.33. The number of aryl methyl sites for hydroxylation is 2. The second-order valence-electron chi connectivity index (χ2n) is 12.6. The van der Waals surface area contributed by atoms with Crippen LogP contribution in [0.4, 0.5) is 11.6 Å². The summed E-state index contributed by atoms with van der Waals surface area (Å²) in [6.07, 6.45) is 8.54. The molecule has 7 rings (SSSR count). The number of benzene rings is 1. The normalized spacial score (nSPS) is 22.8. The number of hydrogen-bond donors (Lipinski definition) is 2. The molecule has 2 fully saturated rings. The second-order valence-corrected chi connectivity index (χ2v) is 12.6. The lowest BCUT2D eigenvalue weighted by Crippen LogP contribution is -2.46. The molecule has 1 amide bonds. The van der Waals surface area contributed by atoms with Crippen LogP contribution in [0.25, 0.3) is 22.3 Å². The Morgan fingerprint density at radius 1 is 1.07 bits per heavy atom. The molecule has 2 bridgehead atoms. The van der Waals surface area contributed by atoms with Crippen LogP contribution in [-0.4, -0.2) is 67.9 Å². The van der Waals surface area contributed by atoms with Gasteiger partial charge in [0.15, 0.2) is 0 Å². The molecule has 10 nitrogen and oxygen atoms in total. The average molecular weight is 569 g/mol. The van der Waals surface area contributed by atoms with E-state index in [0.717, 1.165) is 60.2 Å². The van der Waals surface area contributed by atoms with Crippen molar-refractivity contribution in [2.24, 2.45) is 18.9 Å². The molecule has 1 aliphatic heterocycles. The highest BCUT2D eigenvalue weighted by atomic mass is 16.5. The van der Waals surface area contributed by atoms with Crippen molar-refractivity contribution in [1.29, 1.82) is 0 Å². The molecule has 220 valence electrons. The molecule has 3 aromatic heterocycles. The molecular formula is C32H40N8O2. The summed E-state index contributed by atoms with van der Waals surface area (Å²) in [5.74, 6) is 2.25. The maximum absolute atomic E-state index is 13.7. The van der Waals surface area contributed by atoms with Crippen molar-refractivity contribution in [3.63, 3.8) is 0 Å². The fraction of sp³-hybridized carbons (Fsp3) is 0.500. The van der Waals surface area contributed by atoms with E-state index in [1.165, 1.54) is 12.8 Å². The first-order chi connectivity index (χ1) is 20.3. The molecule has 3 aliphatic rings. The van der Waals surface area contributed by atoms with E-state index < -0.39 is 0 Å². The smallest absolute Gasteiger partial charge is 0.258 e. The number of rotatable bonds is 4. The Bertz CT molecular complexity index is 1630. The fourth-order valence-electron chi connectivity index (χ4n) is 6.54. The summed E-state index contributed by atoms with van der Waals surface area (Å²) in [5.41, 5.74) is 5.76. The molecular weight excluding hydrogens is 528 g/mol. The number of fused-ring (bicyclic) bond motifs is 7. The summed E-state index contributed by atoms with van der Waals surface area (Å²) < 4.78 is 10.2.